The lowest BCUT2D eigenvalue weighted by Crippen LogP contribution is -2.17. The highest BCUT2D eigenvalue weighted by atomic mass is 32.1. The Balaban J connectivity index is 1.59. The SMILES string of the molecule is Cc1c(CNCCc2csc3ccccc23)cc(C#N)n1C. The topological polar surface area (TPSA) is 40.8 Å². The van der Waals surface area contributed by atoms with Crippen molar-refractivity contribution in [3.8, 4) is 6.07 Å². The van der Waals surface area contributed by atoms with Crippen molar-refractivity contribution in [2.75, 3.05) is 6.54 Å². The molecule has 0 radical (unpaired) electrons. The van der Waals surface area contributed by atoms with E-state index in [-0.39, 0.29) is 0 Å². The lowest BCUT2D eigenvalue weighted by molar-refractivity contribution is 0.683. The Morgan fingerprint density at radius 1 is 1.27 bits per heavy atom. The highest BCUT2D eigenvalue weighted by molar-refractivity contribution is 7.17. The second-order valence-corrected chi connectivity index (χ2v) is 6.41. The Bertz CT molecular complexity index is 836. The fraction of sp³-hybridized carbons (Fsp3) is 0.278. The second-order valence-electron chi connectivity index (χ2n) is 5.49. The molecule has 1 N–H and O–H groups in total. The number of nitrogens with one attached hydrogen (secondary N) is 1. The van der Waals surface area contributed by atoms with Crippen LogP contribution in [0.5, 0.6) is 0 Å². The molecule has 0 saturated heterocycles. The Morgan fingerprint density at radius 3 is 2.86 bits per heavy atom. The Labute approximate surface area is 134 Å². The third kappa shape index (κ3) is 2.78. The van der Waals surface area contributed by atoms with E-state index in [1.807, 2.05) is 29.0 Å². The van der Waals surface area contributed by atoms with Crippen LogP contribution in [0.3, 0.4) is 0 Å². The molecule has 112 valence electrons. The first kappa shape index (κ1) is 14.8. The monoisotopic (exact) mass is 309 g/mol. The number of aromatic nitrogens is 1. The van der Waals surface area contributed by atoms with Gasteiger partial charge in [0.1, 0.15) is 11.8 Å². The summed E-state index contributed by atoms with van der Waals surface area (Å²) < 4.78 is 3.30. The highest BCUT2D eigenvalue weighted by Gasteiger charge is 2.08. The smallest absolute Gasteiger partial charge is 0.120 e. The zero-order valence-electron chi connectivity index (χ0n) is 12.9. The lowest BCUT2D eigenvalue weighted by atomic mass is 10.1. The molecule has 3 nitrogen and oxygen atoms in total. The number of rotatable bonds is 5. The Morgan fingerprint density at radius 2 is 2.09 bits per heavy atom. The van der Waals surface area contributed by atoms with Gasteiger partial charge < -0.3 is 9.88 Å². The van der Waals surface area contributed by atoms with Crippen molar-refractivity contribution >= 4 is 21.4 Å². The van der Waals surface area contributed by atoms with Crippen LogP contribution in [0, 0.1) is 18.3 Å². The van der Waals surface area contributed by atoms with Crippen molar-refractivity contribution < 1.29 is 0 Å². The number of benzene rings is 1. The second kappa shape index (κ2) is 6.35. The van der Waals surface area contributed by atoms with Gasteiger partial charge in [-0.25, -0.2) is 0 Å². The first-order valence-electron chi connectivity index (χ1n) is 7.42. The Kier molecular flexibility index (Phi) is 4.28. The molecule has 4 heteroatoms. The lowest BCUT2D eigenvalue weighted by Gasteiger charge is -2.05. The van der Waals surface area contributed by atoms with Crippen LogP contribution < -0.4 is 5.32 Å². The van der Waals surface area contributed by atoms with Crippen LogP contribution in [0.1, 0.15) is 22.5 Å². The first-order chi connectivity index (χ1) is 10.7. The van der Waals surface area contributed by atoms with Crippen molar-refractivity contribution in [2.45, 2.75) is 19.9 Å². The van der Waals surface area contributed by atoms with Crippen LogP contribution in [0.2, 0.25) is 0 Å². The summed E-state index contributed by atoms with van der Waals surface area (Å²) in [6, 6.07) is 12.8. The van der Waals surface area contributed by atoms with E-state index in [1.165, 1.54) is 21.2 Å². The molecule has 0 bridgehead atoms. The van der Waals surface area contributed by atoms with Crippen LogP contribution in [-0.2, 0) is 20.0 Å². The minimum absolute atomic E-state index is 0.720. The van der Waals surface area contributed by atoms with Gasteiger partial charge in [0.15, 0.2) is 0 Å². The molecule has 0 saturated carbocycles. The van der Waals surface area contributed by atoms with Crippen molar-refractivity contribution in [3.63, 3.8) is 0 Å². The maximum absolute atomic E-state index is 9.06. The summed E-state index contributed by atoms with van der Waals surface area (Å²) >= 11 is 1.81. The van der Waals surface area contributed by atoms with Gasteiger partial charge in [0.25, 0.3) is 0 Å². The van der Waals surface area contributed by atoms with Gasteiger partial charge in [0.05, 0.1) is 0 Å². The van der Waals surface area contributed by atoms with E-state index in [9.17, 15) is 0 Å². The molecular formula is C18H19N3S. The Hall–Kier alpha value is -2.09. The van der Waals surface area contributed by atoms with E-state index >= 15 is 0 Å². The molecule has 3 aromatic rings. The third-order valence-corrected chi connectivity index (χ3v) is 5.21. The number of thiophene rings is 1. The summed E-state index contributed by atoms with van der Waals surface area (Å²) in [6.07, 6.45) is 1.03. The van der Waals surface area contributed by atoms with Gasteiger partial charge in [-0.2, -0.15) is 5.26 Å². The number of hydrogen-bond acceptors (Lipinski definition) is 3. The molecule has 0 spiro atoms. The molecule has 2 heterocycles. The standard InChI is InChI=1S/C18H19N3S/c1-13-15(9-16(10-19)21(13)2)11-20-8-7-14-12-22-18-6-4-3-5-17(14)18/h3-6,9,12,20H,7-8,11H2,1-2H3. The molecule has 2 aromatic heterocycles. The van der Waals surface area contributed by atoms with Crippen LogP contribution in [-0.4, -0.2) is 11.1 Å². The predicted molar refractivity (Wildman–Crippen MR) is 92.1 cm³/mol. The van der Waals surface area contributed by atoms with E-state index in [0.717, 1.165) is 30.9 Å². The summed E-state index contributed by atoms with van der Waals surface area (Å²) in [5.74, 6) is 0. The summed E-state index contributed by atoms with van der Waals surface area (Å²) in [6.45, 7) is 3.81. The van der Waals surface area contributed by atoms with Gasteiger partial charge >= 0.3 is 0 Å². The number of nitriles is 1. The average molecular weight is 309 g/mol. The predicted octanol–water partition coefficient (Wildman–Crippen LogP) is 3.75. The fourth-order valence-corrected chi connectivity index (χ4v) is 3.72. The molecule has 22 heavy (non-hydrogen) atoms. The molecule has 0 aliphatic carbocycles. The number of hydrogen-bond donors (Lipinski definition) is 1. The van der Waals surface area contributed by atoms with Crippen LogP contribution in [0.25, 0.3) is 10.1 Å². The van der Waals surface area contributed by atoms with Crippen LogP contribution >= 0.6 is 11.3 Å². The van der Waals surface area contributed by atoms with Crippen molar-refractivity contribution in [3.05, 3.63) is 58.2 Å². The summed E-state index contributed by atoms with van der Waals surface area (Å²) in [4.78, 5) is 0. The van der Waals surface area contributed by atoms with Crippen LogP contribution in [0.4, 0.5) is 0 Å². The largest absolute Gasteiger partial charge is 0.340 e. The maximum Gasteiger partial charge on any atom is 0.120 e. The van der Waals surface area contributed by atoms with E-state index in [4.69, 9.17) is 5.26 Å². The maximum atomic E-state index is 9.06. The van der Waals surface area contributed by atoms with E-state index in [1.54, 1.807) is 0 Å². The average Bonchev–Trinajstić information content (AvgIpc) is 3.07. The molecule has 0 aliphatic heterocycles. The van der Waals surface area contributed by atoms with Crippen molar-refractivity contribution in [2.24, 2.45) is 7.05 Å². The number of nitrogens with zero attached hydrogens (tertiary/aromatic N) is 2. The van der Waals surface area contributed by atoms with Gasteiger partial charge in [-0.05, 0) is 53.9 Å². The molecule has 1 aromatic carbocycles. The quantitative estimate of drug-likeness (QED) is 0.729. The first-order valence-corrected chi connectivity index (χ1v) is 8.30. The molecule has 0 unspecified atom stereocenters. The molecule has 0 atom stereocenters. The minimum Gasteiger partial charge on any atom is -0.340 e. The van der Waals surface area contributed by atoms with Gasteiger partial charge in [-0.1, -0.05) is 18.2 Å². The number of fused-ring (bicyclic) bond motifs is 1. The zero-order valence-corrected chi connectivity index (χ0v) is 13.7. The van der Waals surface area contributed by atoms with Crippen LogP contribution in [0.15, 0.2) is 35.7 Å². The fourth-order valence-electron chi connectivity index (χ4n) is 2.72. The van der Waals surface area contributed by atoms with E-state index in [0.29, 0.717) is 0 Å². The van der Waals surface area contributed by atoms with Gasteiger partial charge in [0.2, 0.25) is 0 Å². The van der Waals surface area contributed by atoms with Gasteiger partial charge in [0, 0.05) is 24.0 Å². The van der Waals surface area contributed by atoms with E-state index < -0.39 is 0 Å². The molecule has 0 fully saturated rings. The molecule has 0 aliphatic rings. The van der Waals surface area contributed by atoms with Gasteiger partial charge in [-0.15, -0.1) is 11.3 Å². The summed E-state index contributed by atoms with van der Waals surface area (Å²) in [5, 5.41) is 16.2. The highest BCUT2D eigenvalue weighted by Crippen LogP contribution is 2.25. The van der Waals surface area contributed by atoms with Crippen molar-refractivity contribution in [1.29, 1.82) is 5.26 Å². The molecule has 3 rings (SSSR count). The van der Waals surface area contributed by atoms with Gasteiger partial charge in [-0.3, -0.25) is 0 Å². The summed E-state index contributed by atoms with van der Waals surface area (Å²) in [5.41, 5.74) is 4.49. The molecule has 0 amide bonds. The molecular weight excluding hydrogens is 290 g/mol. The van der Waals surface area contributed by atoms with E-state index in [2.05, 4.69) is 48.0 Å². The van der Waals surface area contributed by atoms with Crippen molar-refractivity contribution in [1.82, 2.24) is 9.88 Å². The summed E-state index contributed by atoms with van der Waals surface area (Å²) in [7, 11) is 1.94. The normalized spacial score (nSPS) is 11.0. The zero-order chi connectivity index (χ0) is 15.5. The third-order valence-electron chi connectivity index (χ3n) is 4.20. The minimum atomic E-state index is 0.720.